The van der Waals surface area contributed by atoms with Crippen molar-refractivity contribution in [1.82, 2.24) is 5.32 Å². The smallest absolute Gasteiger partial charge is 0.337 e. The first-order valence-corrected chi connectivity index (χ1v) is 6.85. The lowest BCUT2D eigenvalue weighted by atomic mass is 9.82. The van der Waals surface area contributed by atoms with Gasteiger partial charge in [-0.2, -0.15) is 0 Å². The molecule has 2 rings (SSSR count). The summed E-state index contributed by atoms with van der Waals surface area (Å²) in [7, 11) is 0. The highest BCUT2D eigenvalue weighted by atomic mass is 35.5. The largest absolute Gasteiger partial charge is 0.478 e. The quantitative estimate of drug-likeness (QED) is 0.800. The minimum absolute atomic E-state index is 0.0371. The number of anilines is 1. The molecule has 0 saturated carbocycles. The highest BCUT2D eigenvalue weighted by Gasteiger charge is 2.35. The van der Waals surface area contributed by atoms with Crippen LogP contribution >= 0.6 is 11.6 Å². The number of carbonyl (C=O) groups is 2. The summed E-state index contributed by atoms with van der Waals surface area (Å²) < 4.78 is 0. The molecule has 0 bridgehead atoms. The molecular formula is C14H17ClN2O3. The van der Waals surface area contributed by atoms with Gasteiger partial charge < -0.3 is 15.7 Å². The van der Waals surface area contributed by atoms with E-state index in [1.54, 1.807) is 0 Å². The lowest BCUT2D eigenvalue weighted by Crippen LogP contribution is -2.46. The number of aromatic carboxylic acids is 1. The number of hydrogen-bond acceptors (Lipinski definition) is 3. The lowest BCUT2D eigenvalue weighted by Gasteiger charge is -2.32. The number of nitrogens with one attached hydrogen (secondary N) is 2. The second-order valence-corrected chi connectivity index (χ2v) is 5.73. The average Bonchev–Trinajstić information content (AvgIpc) is 2.39. The van der Waals surface area contributed by atoms with E-state index >= 15 is 0 Å². The van der Waals surface area contributed by atoms with E-state index in [-0.39, 0.29) is 17.2 Å². The van der Waals surface area contributed by atoms with E-state index in [2.05, 4.69) is 10.6 Å². The van der Waals surface area contributed by atoms with Crippen LogP contribution in [-0.2, 0) is 4.79 Å². The zero-order chi connectivity index (χ0) is 14.8. The molecule has 5 nitrogen and oxygen atoms in total. The van der Waals surface area contributed by atoms with Crippen LogP contribution in [-0.4, -0.2) is 30.1 Å². The van der Waals surface area contributed by atoms with Gasteiger partial charge in [0.2, 0.25) is 5.91 Å². The molecule has 1 atom stereocenters. The Kier molecular flexibility index (Phi) is 4.30. The highest BCUT2D eigenvalue weighted by molar-refractivity contribution is 6.31. The van der Waals surface area contributed by atoms with Gasteiger partial charge in [0.25, 0.3) is 0 Å². The van der Waals surface area contributed by atoms with Crippen LogP contribution in [0, 0.1) is 5.41 Å². The second kappa shape index (κ2) is 5.81. The van der Waals surface area contributed by atoms with Crippen molar-refractivity contribution >= 4 is 29.2 Å². The van der Waals surface area contributed by atoms with Crippen LogP contribution in [0.15, 0.2) is 18.2 Å². The van der Waals surface area contributed by atoms with Gasteiger partial charge in [-0.25, -0.2) is 4.79 Å². The fraction of sp³-hybridized carbons (Fsp3) is 0.429. The van der Waals surface area contributed by atoms with Crippen molar-refractivity contribution in [2.75, 3.05) is 18.4 Å². The van der Waals surface area contributed by atoms with E-state index in [0.717, 1.165) is 19.4 Å². The number of hydrogen-bond donors (Lipinski definition) is 3. The van der Waals surface area contributed by atoms with Gasteiger partial charge in [-0.05, 0) is 44.5 Å². The summed E-state index contributed by atoms with van der Waals surface area (Å²) in [5, 5.41) is 15.4. The summed E-state index contributed by atoms with van der Waals surface area (Å²) in [5.41, 5.74) is -0.256. The molecule has 1 unspecified atom stereocenters. The molecule has 0 spiro atoms. The normalized spacial score (nSPS) is 22.3. The van der Waals surface area contributed by atoms with Crippen LogP contribution in [0.5, 0.6) is 0 Å². The monoisotopic (exact) mass is 296 g/mol. The van der Waals surface area contributed by atoms with Crippen LogP contribution < -0.4 is 10.6 Å². The molecule has 1 aliphatic rings. The standard InChI is InChI=1S/C14H17ClN2O3/c1-14(5-2-6-16-8-14)13(20)17-11-7-9(15)3-4-10(11)12(18)19/h3-4,7,16H,2,5-6,8H2,1H3,(H,17,20)(H,18,19). The van der Waals surface area contributed by atoms with Gasteiger partial charge in [0.15, 0.2) is 0 Å². The molecule has 1 aromatic rings. The Morgan fingerprint density at radius 1 is 1.45 bits per heavy atom. The Morgan fingerprint density at radius 3 is 2.80 bits per heavy atom. The predicted octanol–water partition coefficient (Wildman–Crippen LogP) is 2.37. The molecule has 1 aromatic carbocycles. The van der Waals surface area contributed by atoms with E-state index in [9.17, 15) is 9.59 Å². The fourth-order valence-electron chi connectivity index (χ4n) is 2.33. The van der Waals surface area contributed by atoms with Crippen molar-refractivity contribution in [2.45, 2.75) is 19.8 Å². The Labute approximate surface area is 122 Å². The number of rotatable bonds is 3. The Morgan fingerprint density at radius 2 is 2.20 bits per heavy atom. The number of halogens is 1. The summed E-state index contributed by atoms with van der Waals surface area (Å²) in [4.78, 5) is 23.6. The van der Waals surface area contributed by atoms with E-state index in [1.807, 2.05) is 6.92 Å². The molecule has 1 aliphatic heterocycles. The molecule has 0 aromatic heterocycles. The first kappa shape index (κ1) is 14.8. The third-order valence-electron chi connectivity index (χ3n) is 3.61. The van der Waals surface area contributed by atoms with Gasteiger partial charge in [0.1, 0.15) is 0 Å². The maximum atomic E-state index is 12.4. The first-order valence-electron chi connectivity index (χ1n) is 6.47. The van der Waals surface area contributed by atoms with Gasteiger partial charge in [-0.3, -0.25) is 4.79 Å². The number of amides is 1. The zero-order valence-corrected chi connectivity index (χ0v) is 12.0. The van der Waals surface area contributed by atoms with Gasteiger partial charge in [-0.1, -0.05) is 11.6 Å². The average molecular weight is 297 g/mol. The van der Waals surface area contributed by atoms with Crippen LogP contribution in [0.1, 0.15) is 30.1 Å². The molecule has 1 amide bonds. The molecule has 3 N–H and O–H groups in total. The molecule has 20 heavy (non-hydrogen) atoms. The zero-order valence-electron chi connectivity index (χ0n) is 11.2. The number of carbonyl (C=O) groups excluding carboxylic acids is 1. The maximum absolute atomic E-state index is 12.4. The van der Waals surface area contributed by atoms with Crippen molar-refractivity contribution in [1.29, 1.82) is 0 Å². The van der Waals surface area contributed by atoms with Crippen LogP contribution in [0.3, 0.4) is 0 Å². The molecule has 0 aliphatic carbocycles. The summed E-state index contributed by atoms with van der Waals surface area (Å²) in [6, 6.07) is 4.34. The SMILES string of the molecule is CC1(C(=O)Nc2cc(Cl)ccc2C(=O)O)CCCNC1. The van der Waals surface area contributed by atoms with Crippen molar-refractivity contribution in [2.24, 2.45) is 5.41 Å². The lowest BCUT2D eigenvalue weighted by molar-refractivity contribution is -0.125. The van der Waals surface area contributed by atoms with Gasteiger partial charge in [0.05, 0.1) is 16.7 Å². The van der Waals surface area contributed by atoms with Gasteiger partial charge in [-0.15, -0.1) is 0 Å². The predicted molar refractivity (Wildman–Crippen MR) is 77.3 cm³/mol. The Bertz CT molecular complexity index is 539. The molecule has 1 saturated heterocycles. The summed E-state index contributed by atoms with van der Waals surface area (Å²) in [6.07, 6.45) is 1.69. The van der Waals surface area contributed by atoms with Gasteiger partial charge in [0, 0.05) is 11.6 Å². The summed E-state index contributed by atoms with van der Waals surface area (Å²) in [5.74, 6) is -1.28. The second-order valence-electron chi connectivity index (χ2n) is 5.29. The third-order valence-corrected chi connectivity index (χ3v) is 3.84. The molecule has 1 fully saturated rings. The van der Waals surface area contributed by atoms with Crippen LogP contribution in [0.4, 0.5) is 5.69 Å². The first-order chi connectivity index (χ1) is 9.42. The summed E-state index contributed by atoms with van der Waals surface area (Å²) >= 11 is 5.87. The van der Waals surface area contributed by atoms with Crippen molar-refractivity contribution in [3.63, 3.8) is 0 Å². The highest BCUT2D eigenvalue weighted by Crippen LogP contribution is 2.29. The van der Waals surface area contributed by atoms with Crippen LogP contribution in [0.2, 0.25) is 5.02 Å². The Hall–Kier alpha value is -1.59. The molecule has 108 valence electrons. The topological polar surface area (TPSA) is 78.4 Å². The maximum Gasteiger partial charge on any atom is 0.337 e. The minimum atomic E-state index is -1.09. The van der Waals surface area contributed by atoms with E-state index in [1.165, 1.54) is 18.2 Å². The van der Waals surface area contributed by atoms with E-state index in [0.29, 0.717) is 11.6 Å². The number of carboxylic acids is 1. The number of benzene rings is 1. The van der Waals surface area contributed by atoms with Crippen molar-refractivity contribution in [3.8, 4) is 0 Å². The van der Waals surface area contributed by atoms with Crippen LogP contribution in [0.25, 0.3) is 0 Å². The van der Waals surface area contributed by atoms with Crippen molar-refractivity contribution in [3.05, 3.63) is 28.8 Å². The van der Waals surface area contributed by atoms with Crippen molar-refractivity contribution < 1.29 is 14.7 Å². The summed E-state index contributed by atoms with van der Waals surface area (Å²) in [6.45, 7) is 3.36. The number of piperidine rings is 1. The third kappa shape index (κ3) is 3.11. The molecule has 6 heteroatoms. The van der Waals surface area contributed by atoms with E-state index in [4.69, 9.17) is 16.7 Å². The van der Waals surface area contributed by atoms with E-state index < -0.39 is 11.4 Å². The number of carboxylic acid groups (broad SMARTS) is 1. The molecule has 1 heterocycles. The minimum Gasteiger partial charge on any atom is -0.478 e. The fourth-order valence-corrected chi connectivity index (χ4v) is 2.50. The van der Waals surface area contributed by atoms with Gasteiger partial charge >= 0.3 is 5.97 Å². The molecular weight excluding hydrogens is 280 g/mol. The molecule has 0 radical (unpaired) electrons. The Balaban J connectivity index is 2.23.